The summed E-state index contributed by atoms with van der Waals surface area (Å²) in [6.07, 6.45) is -3.03. The first-order valence-electron chi connectivity index (χ1n) is 9.32. The van der Waals surface area contributed by atoms with Crippen molar-refractivity contribution in [2.75, 3.05) is 31.1 Å². The topological polar surface area (TPSA) is 49.3 Å². The number of aromatic nitrogens is 2. The van der Waals surface area contributed by atoms with Crippen LogP contribution in [0.1, 0.15) is 52.1 Å². The molecule has 0 aromatic carbocycles. The SMILES string of the molecule is Cc1nc(C(C)C)sc1C(=O)N1CCCN(c2ncc(C(F)(F)F)cc2Cl)CC1. The minimum atomic E-state index is -4.49. The molecular weight excluding hydrogens is 425 g/mol. The van der Waals surface area contributed by atoms with E-state index in [0.29, 0.717) is 43.3 Å². The van der Waals surface area contributed by atoms with Crippen LogP contribution < -0.4 is 4.90 Å². The molecule has 0 radical (unpaired) electrons. The van der Waals surface area contributed by atoms with Crippen molar-refractivity contribution in [1.29, 1.82) is 0 Å². The van der Waals surface area contributed by atoms with Crippen molar-refractivity contribution in [2.24, 2.45) is 0 Å². The van der Waals surface area contributed by atoms with Crippen LogP contribution in [0.25, 0.3) is 0 Å². The van der Waals surface area contributed by atoms with Crippen LogP contribution in [-0.4, -0.2) is 47.0 Å². The van der Waals surface area contributed by atoms with E-state index in [9.17, 15) is 18.0 Å². The lowest BCUT2D eigenvalue weighted by Crippen LogP contribution is -2.35. The van der Waals surface area contributed by atoms with Gasteiger partial charge in [-0.05, 0) is 19.4 Å². The van der Waals surface area contributed by atoms with Gasteiger partial charge in [0.1, 0.15) is 10.7 Å². The van der Waals surface area contributed by atoms with Gasteiger partial charge in [-0.2, -0.15) is 13.2 Å². The first-order chi connectivity index (χ1) is 13.6. The number of pyridine rings is 1. The molecule has 1 aliphatic rings. The summed E-state index contributed by atoms with van der Waals surface area (Å²) < 4.78 is 38.5. The largest absolute Gasteiger partial charge is 0.417 e. The Bertz CT molecular complexity index is 900. The number of hydrogen-bond acceptors (Lipinski definition) is 5. The normalized spacial score (nSPS) is 15.7. The molecule has 0 bridgehead atoms. The Morgan fingerprint density at radius 2 is 1.97 bits per heavy atom. The first kappa shape index (κ1) is 21.8. The zero-order valence-corrected chi connectivity index (χ0v) is 18.0. The molecule has 0 atom stereocenters. The molecule has 5 nitrogen and oxygen atoms in total. The van der Waals surface area contributed by atoms with Gasteiger partial charge >= 0.3 is 6.18 Å². The van der Waals surface area contributed by atoms with Crippen LogP contribution >= 0.6 is 22.9 Å². The Kier molecular flexibility index (Phi) is 6.38. The van der Waals surface area contributed by atoms with E-state index >= 15 is 0 Å². The van der Waals surface area contributed by atoms with Crippen molar-refractivity contribution in [2.45, 2.75) is 39.3 Å². The van der Waals surface area contributed by atoms with Crippen molar-refractivity contribution in [3.63, 3.8) is 0 Å². The van der Waals surface area contributed by atoms with E-state index in [-0.39, 0.29) is 16.8 Å². The van der Waals surface area contributed by atoms with E-state index < -0.39 is 11.7 Å². The number of nitrogens with zero attached hydrogens (tertiary/aromatic N) is 4. The van der Waals surface area contributed by atoms with Gasteiger partial charge in [0.2, 0.25) is 0 Å². The molecule has 29 heavy (non-hydrogen) atoms. The maximum atomic E-state index is 13.0. The smallest absolute Gasteiger partial charge is 0.354 e. The molecule has 0 N–H and O–H groups in total. The Balaban J connectivity index is 1.73. The second-order valence-electron chi connectivity index (χ2n) is 7.28. The summed E-state index contributed by atoms with van der Waals surface area (Å²) in [5, 5.41) is 0.891. The average Bonchev–Trinajstić information content (AvgIpc) is 2.87. The standard InChI is InChI=1S/C19H22ClF3N4OS/c1-11(2)17-25-12(3)15(29-17)18(28)27-6-4-5-26(7-8-27)16-14(20)9-13(10-24-16)19(21,22)23/h9-11H,4-8H2,1-3H3. The molecule has 0 spiro atoms. The third kappa shape index (κ3) is 4.83. The molecule has 0 saturated carbocycles. The van der Waals surface area contributed by atoms with Gasteiger partial charge in [-0.15, -0.1) is 11.3 Å². The third-order valence-corrected chi connectivity index (χ3v) is 6.46. The maximum absolute atomic E-state index is 13.0. The van der Waals surface area contributed by atoms with Gasteiger partial charge in [0, 0.05) is 38.3 Å². The van der Waals surface area contributed by atoms with Crippen LogP contribution in [0.5, 0.6) is 0 Å². The Morgan fingerprint density at radius 3 is 2.55 bits per heavy atom. The lowest BCUT2D eigenvalue weighted by atomic mass is 10.2. The second kappa shape index (κ2) is 8.47. The molecule has 3 heterocycles. The van der Waals surface area contributed by atoms with Crippen molar-refractivity contribution in [3.05, 3.63) is 38.4 Å². The van der Waals surface area contributed by atoms with Crippen LogP contribution in [0.4, 0.5) is 19.0 Å². The average molecular weight is 447 g/mol. The van der Waals surface area contributed by atoms with Crippen LogP contribution in [0, 0.1) is 6.92 Å². The predicted octanol–water partition coefficient (Wildman–Crippen LogP) is 4.99. The van der Waals surface area contributed by atoms with E-state index in [1.54, 1.807) is 4.90 Å². The molecule has 1 fully saturated rings. The highest BCUT2D eigenvalue weighted by Crippen LogP contribution is 2.34. The Hall–Kier alpha value is -1.87. The highest BCUT2D eigenvalue weighted by Gasteiger charge is 2.32. The van der Waals surface area contributed by atoms with Gasteiger partial charge in [0.25, 0.3) is 5.91 Å². The van der Waals surface area contributed by atoms with E-state index in [2.05, 4.69) is 9.97 Å². The third-order valence-electron chi connectivity index (χ3n) is 4.73. The zero-order valence-electron chi connectivity index (χ0n) is 16.4. The van der Waals surface area contributed by atoms with Crippen LogP contribution in [-0.2, 0) is 6.18 Å². The molecule has 10 heteroatoms. The summed E-state index contributed by atoms with van der Waals surface area (Å²) >= 11 is 7.50. The second-order valence-corrected chi connectivity index (χ2v) is 8.72. The lowest BCUT2D eigenvalue weighted by Gasteiger charge is -2.24. The number of carbonyl (C=O) groups is 1. The van der Waals surface area contributed by atoms with Gasteiger partial charge < -0.3 is 9.80 Å². The number of rotatable bonds is 3. The minimum Gasteiger partial charge on any atom is -0.354 e. The molecule has 158 valence electrons. The molecule has 2 aromatic heterocycles. The fourth-order valence-corrected chi connectivity index (χ4v) is 4.48. The lowest BCUT2D eigenvalue weighted by molar-refractivity contribution is -0.137. The number of amides is 1. The van der Waals surface area contributed by atoms with Gasteiger partial charge in [-0.25, -0.2) is 9.97 Å². The molecule has 1 aliphatic heterocycles. The number of alkyl halides is 3. The number of halogens is 4. The van der Waals surface area contributed by atoms with Crippen molar-refractivity contribution >= 4 is 34.7 Å². The number of aryl methyl sites for hydroxylation is 1. The molecular formula is C19H22ClF3N4OS. The van der Waals surface area contributed by atoms with E-state index in [1.165, 1.54) is 11.3 Å². The van der Waals surface area contributed by atoms with Crippen molar-refractivity contribution in [3.8, 4) is 0 Å². The van der Waals surface area contributed by atoms with E-state index in [4.69, 9.17) is 11.6 Å². The maximum Gasteiger partial charge on any atom is 0.417 e. The van der Waals surface area contributed by atoms with Crippen molar-refractivity contribution in [1.82, 2.24) is 14.9 Å². The number of anilines is 1. The fraction of sp³-hybridized carbons (Fsp3) is 0.526. The van der Waals surface area contributed by atoms with Crippen molar-refractivity contribution < 1.29 is 18.0 Å². The summed E-state index contributed by atoms with van der Waals surface area (Å²) in [6.45, 7) is 7.91. The highest BCUT2D eigenvalue weighted by molar-refractivity contribution is 7.13. The summed E-state index contributed by atoms with van der Waals surface area (Å²) in [5.74, 6) is 0.512. The molecule has 0 aliphatic carbocycles. The van der Waals surface area contributed by atoms with E-state index in [1.807, 2.05) is 25.7 Å². The summed E-state index contributed by atoms with van der Waals surface area (Å²) in [7, 11) is 0. The van der Waals surface area contributed by atoms with Crippen LogP contribution in [0.15, 0.2) is 12.3 Å². The minimum absolute atomic E-state index is 0.0422. The molecule has 1 saturated heterocycles. The predicted molar refractivity (Wildman–Crippen MR) is 108 cm³/mol. The first-order valence-corrected chi connectivity index (χ1v) is 10.5. The van der Waals surface area contributed by atoms with Gasteiger partial charge in [0.15, 0.2) is 0 Å². The van der Waals surface area contributed by atoms with Gasteiger partial charge in [0.05, 0.1) is 21.3 Å². The Morgan fingerprint density at radius 1 is 1.24 bits per heavy atom. The summed E-state index contributed by atoms with van der Waals surface area (Å²) in [6, 6.07) is 0.895. The Labute approximate surface area is 176 Å². The zero-order chi connectivity index (χ0) is 21.3. The quantitative estimate of drug-likeness (QED) is 0.666. The monoisotopic (exact) mass is 446 g/mol. The van der Waals surface area contributed by atoms with Crippen LogP contribution in [0.2, 0.25) is 5.02 Å². The van der Waals surface area contributed by atoms with Gasteiger partial charge in [-0.3, -0.25) is 4.79 Å². The van der Waals surface area contributed by atoms with E-state index in [0.717, 1.165) is 23.0 Å². The number of hydrogen-bond donors (Lipinski definition) is 0. The molecule has 0 unspecified atom stereocenters. The summed E-state index contributed by atoms with van der Waals surface area (Å²) in [5.41, 5.74) is -0.142. The molecule has 1 amide bonds. The molecule has 3 rings (SSSR count). The number of carbonyl (C=O) groups excluding carboxylic acids is 1. The summed E-state index contributed by atoms with van der Waals surface area (Å²) in [4.78, 5) is 25.7. The number of thiazole rings is 1. The van der Waals surface area contributed by atoms with Gasteiger partial charge in [-0.1, -0.05) is 25.4 Å². The fourth-order valence-electron chi connectivity index (χ4n) is 3.16. The van der Waals surface area contributed by atoms with Crippen LogP contribution in [0.3, 0.4) is 0 Å². The molecule has 2 aromatic rings. The highest BCUT2D eigenvalue weighted by atomic mass is 35.5.